The van der Waals surface area contributed by atoms with E-state index in [1.165, 1.54) is 6.42 Å². The molecule has 17 heavy (non-hydrogen) atoms. The summed E-state index contributed by atoms with van der Waals surface area (Å²) >= 11 is 0. The van der Waals surface area contributed by atoms with E-state index in [1.807, 2.05) is 4.90 Å². The van der Waals surface area contributed by atoms with Gasteiger partial charge in [0.25, 0.3) is 0 Å². The predicted octanol–water partition coefficient (Wildman–Crippen LogP) is 2.26. The van der Waals surface area contributed by atoms with Gasteiger partial charge in [0.1, 0.15) is 0 Å². The molecule has 100 valence electrons. The van der Waals surface area contributed by atoms with E-state index in [0.717, 1.165) is 32.5 Å². The third kappa shape index (κ3) is 4.66. The minimum Gasteiger partial charge on any atom is -0.342 e. The standard InChI is InChI=1S/C14H28N2O/c1-11(2)13(6-8-15)4-5-14(17)16-9-7-12(3)10-16/h11-13H,4-10,15H2,1-3H3. The Morgan fingerprint density at radius 2 is 2.12 bits per heavy atom. The summed E-state index contributed by atoms with van der Waals surface area (Å²) in [5.74, 6) is 2.26. The highest BCUT2D eigenvalue weighted by Gasteiger charge is 2.23. The number of nitrogens with two attached hydrogens (primary N) is 1. The monoisotopic (exact) mass is 240 g/mol. The topological polar surface area (TPSA) is 46.3 Å². The van der Waals surface area contributed by atoms with Crippen LogP contribution in [0.1, 0.15) is 46.5 Å². The zero-order valence-corrected chi connectivity index (χ0v) is 11.6. The van der Waals surface area contributed by atoms with Crippen LogP contribution in [-0.4, -0.2) is 30.4 Å². The molecule has 1 rings (SSSR count). The van der Waals surface area contributed by atoms with E-state index < -0.39 is 0 Å². The van der Waals surface area contributed by atoms with Crippen LogP contribution >= 0.6 is 0 Å². The summed E-state index contributed by atoms with van der Waals surface area (Å²) in [6.07, 6.45) is 3.91. The molecule has 1 aliphatic heterocycles. The van der Waals surface area contributed by atoms with Gasteiger partial charge in [-0.1, -0.05) is 20.8 Å². The van der Waals surface area contributed by atoms with Crippen molar-refractivity contribution in [1.82, 2.24) is 4.90 Å². The highest BCUT2D eigenvalue weighted by Crippen LogP contribution is 2.22. The Balaban J connectivity index is 2.30. The summed E-state index contributed by atoms with van der Waals surface area (Å²) in [5, 5.41) is 0. The molecule has 1 saturated heterocycles. The molecule has 3 heteroatoms. The minimum atomic E-state index is 0.344. The van der Waals surface area contributed by atoms with Gasteiger partial charge in [-0.25, -0.2) is 0 Å². The zero-order chi connectivity index (χ0) is 12.8. The second-order valence-corrected chi connectivity index (χ2v) is 5.85. The van der Waals surface area contributed by atoms with Gasteiger partial charge >= 0.3 is 0 Å². The van der Waals surface area contributed by atoms with Gasteiger partial charge in [0.05, 0.1) is 0 Å². The predicted molar refractivity (Wildman–Crippen MR) is 71.6 cm³/mol. The summed E-state index contributed by atoms with van der Waals surface area (Å²) in [6.45, 7) is 9.33. The van der Waals surface area contributed by atoms with Crippen molar-refractivity contribution in [3.05, 3.63) is 0 Å². The second kappa shape index (κ2) is 7.00. The van der Waals surface area contributed by atoms with E-state index >= 15 is 0 Å². The van der Waals surface area contributed by atoms with Crippen LogP contribution in [0, 0.1) is 17.8 Å². The molecular formula is C14H28N2O. The maximum atomic E-state index is 12.0. The summed E-state index contributed by atoms with van der Waals surface area (Å²) < 4.78 is 0. The molecule has 0 aromatic heterocycles. The third-order valence-electron chi connectivity index (χ3n) is 3.99. The van der Waals surface area contributed by atoms with E-state index in [0.29, 0.717) is 30.1 Å². The fourth-order valence-corrected chi connectivity index (χ4v) is 2.65. The lowest BCUT2D eigenvalue weighted by molar-refractivity contribution is -0.130. The summed E-state index contributed by atoms with van der Waals surface area (Å²) in [5.41, 5.74) is 5.62. The van der Waals surface area contributed by atoms with Crippen molar-refractivity contribution in [2.24, 2.45) is 23.5 Å². The quantitative estimate of drug-likeness (QED) is 0.774. The van der Waals surface area contributed by atoms with Crippen LogP contribution in [0.25, 0.3) is 0 Å². The first-order valence-electron chi connectivity index (χ1n) is 7.02. The molecule has 1 aliphatic rings. The molecule has 1 amide bonds. The van der Waals surface area contributed by atoms with Gasteiger partial charge in [0, 0.05) is 19.5 Å². The summed E-state index contributed by atoms with van der Waals surface area (Å²) in [4.78, 5) is 14.0. The van der Waals surface area contributed by atoms with Crippen molar-refractivity contribution >= 4 is 5.91 Å². The molecule has 0 bridgehead atoms. The fraction of sp³-hybridized carbons (Fsp3) is 0.929. The molecule has 3 nitrogen and oxygen atoms in total. The number of likely N-dealkylation sites (tertiary alicyclic amines) is 1. The van der Waals surface area contributed by atoms with Gasteiger partial charge in [0.15, 0.2) is 0 Å². The maximum absolute atomic E-state index is 12.0. The van der Waals surface area contributed by atoms with Crippen LogP contribution in [0.15, 0.2) is 0 Å². The number of carbonyl (C=O) groups is 1. The number of hydrogen-bond acceptors (Lipinski definition) is 2. The molecular weight excluding hydrogens is 212 g/mol. The van der Waals surface area contributed by atoms with E-state index in [-0.39, 0.29) is 0 Å². The molecule has 2 unspecified atom stereocenters. The minimum absolute atomic E-state index is 0.344. The van der Waals surface area contributed by atoms with Crippen LogP contribution in [0.3, 0.4) is 0 Å². The molecule has 1 fully saturated rings. The van der Waals surface area contributed by atoms with Crippen LogP contribution in [0.2, 0.25) is 0 Å². The highest BCUT2D eigenvalue weighted by atomic mass is 16.2. The van der Waals surface area contributed by atoms with Gasteiger partial charge < -0.3 is 10.6 Å². The van der Waals surface area contributed by atoms with Crippen LogP contribution in [0.5, 0.6) is 0 Å². The molecule has 0 aromatic carbocycles. The number of hydrogen-bond donors (Lipinski definition) is 1. The fourth-order valence-electron chi connectivity index (χ4n) is 2.65. The van der Waals surface area contributed by atoms with Crippen LogP contribution < -0.4 is 5.73 Å². The Bertz CT molecular complexity index is 240. The Morgan fingerprint density at radius 1 is 1.41 bits per heavy atom. The van der Waals surface area contributed by atoms with E-state index in [1.54, 1.807) is 0 Å². The molecule has 0 spiro atoms. The van der Waals surface area contributed by atoms with Crippen molar-refractivity contribution in [2.75, 3.05) is 19.6 Å². The zero-order valence-electron chi connectivity index (χ0n) is 11.6. The van der Waals surface area contributed by atoms with Gasteiger partial charge in [-0.15, -0.1) is 0 Å². The smallest absolute Gasteiger partial charge is 0.222 e. The highest BCUT2D eigenvalue weighted by molar-refractivity contribution is 5.76. The Hall–Kier alpha value is -0.570. The number of rotatable bonds is 6. The van der Waals surface area contributed by atoms with Gasteiger partial charge in [-0.05, 0) is 43.6 Å². The summed E-state index contributed by atoms with van der Waals surface area (Å²) in [6, 6.07) is 0. The molecule has 0 aromatic rings. The maximum Gasteiger partial charge on any atom is 0.222 e. The molecule has 0 saturated carbocycles. The number of carbonyl (C=O) groups excluding carboxylic acids is 1. The molecule has 2 N–H and O–H groups in total. The lowest BCUT2D eigenvalue weighted by Gasteiger charge is -2.22. The lowest BCUT2D eigenvalue weighted by atomic mass is 9.88. The second-order valence-electron chi connectivity index (χ2n) is 5.85. The van der Waals surface area contributed by atoms with Gasteiger partial charge in [-0.2, -0.15) is 0 Å². The summed E-state index contributed by atoms with van der Waals surface area (Å²) in [7, 11) is 0. The van der Waals surface area contributed by atoms with Crippen molar-refractivity contribution in [3.8, 4) is 0 Å². The van der Waals surface area contributed by atoms with Crippen molar-refractivity contribution in [1.29, 1.82) is 0 Å². The van der Waals surface area contributed by atoms with Crippen LogP contribution in [0.4, 0.5) is 0 Å². The van der Waals surface area contributed by atoms with E-state index in [2.05, 4.69) is 20.8 Å². The third-order valence-corrected chi connectivity index (χ3v) is 3.99. The molecule has 2 atom stereocenters. The van der Waals surface area contributed by atoms with Gasteiger partial charge in [-0.3, -0.25) is 4.79 Å². The first-order valence-corrected chi connectivity index (χ1v) is 7.02. The Labute approximate surface area is 106 Å². The number of nitrogens with zero attached hydrogens (tertiary/aromatic N) is 1. The molecule has 0 radical (unpaired) electrons. The van der Waals surface area contributed by atoms with Crippen LogP contribution in [-0.2, 0) is 4.79 Å². The van der Waals surface area contributed by atoms with E-state index in [9.17, 15) is 4.79 Å². The van der Waals surface area contributed by atoms with Crippen molar-refractivity contribution in [2.45, 2.75) is 46.5 Å². The first-order chi connectivity index (χ1) is 8.04. The van der Waals surface area contributed by atoms with Crippen molar-refractivity contribution in [3.63, 3.8) is 0 Å². The largest absolute Gasteiger partial charge is 0.342 e. The average Bonchev–Trinajstić information content (AvgIpc) is 2.70. The molecule has 1 heterocycles. The average molecular weight is 240 g/mol. The molecule has 0 aliphatic carbocycles. The van der Waals surface area contributed by atoms with Crippen molar-refractivity contribution < 1.29 is 4.79 Å². The van der Waals surface area contributed by atoms with Gasteiger partial charge in [0.2, 0.25) is 5.91 Å². The SMILES string of the molecule is CC1CCN(C(=O)CCC(CCN)C(C)C)C1. The first kappa shape index (κ1) is 14.5. The normalized spacial score (nSPS) is 22.2. The Kier molecular flexibility index (Phi) is 5.96. The Morgan fingerprint density at radius 3 is 2.59 bits per heavy atom. The lowest BCUT2D eigenvalue weighted by Crippen LogP contribution is -2.29. The van der Waals surface area contributed by atoms with E-state index in [4.69, 9.17) is 5.73 Å². The number of amides is 1.